The van der Waals surface area contributed by atoms with Crippen LogP contribution in [0.25, 0.3) is 16.7 Å². The second-order valence-corrected chi connectivity index (χ2v) is 8.07. The highest BCUT2D eigenvalue weighted by molar-refractivity contribution is 7.12. The van der Waals surface area contributed by atoms with Crippen LogP contribution in [-0.4, -0.2) is 30.2 Å². The van der Waals surface area contributed by atoms with Gasteiger partial charge >= 0.3 is 0 Å². The zero-order valence-electron chi connectivity index (χ0n) is 16.3. The normalized spacial score (nSPS) is 11.0. The van der Waals surface area contributed by atoms with E-state index in [0.717, 1.165) is 22.4 Å². The fourth-order valence-electron chi connectivity index (χ4n) is 3.10. The first-order valence-electron chi connectivity index (χ1n) is 9.32. The lowest BCUT2D eigenvalue weighted by molar-refractivity contribution is 0.102. The zero-order valence-corrected chi connectivity index (χ0v) is 17.9. The Kier molecular flexibility index (Phi) is 4.89. The highest BCUT2D eigenvalue weighted by atomic mass is 35.5. The number of aromatic nitrogens is 5. The topological polar surface area (TPSA) is 89.7 Å². The van der Waals surface area contributed by atoms with Gasteiger partial charge in [0.25, 0.3) is 5.91 Å². The van der Waals surface area contributed by atoms with Gasteiger partial charge in [0.05, 0.1) is 33.0 Å². The van der Waals surface area contributed by atoms with Gasteiger partial charge in [0.15, 0.2) is 0 Å². The second kappa shape index (κ2) is 7.86. The van der Waals surface area contributed by atoms with Crippen LogP contribution in [0.5, 0.6) is 0 Å². The number of benzene rings is 1. The van der Waals surface area contributed by atoms with Gasteiger partial charge < -0.3 is 9.88 Å². The molecule has 0 unspecified atom stereocenters. The van der Waals surface area contributed by atoms with Gasteiger partial charge in [0.2, 0.25) is 5.95 Å². The van der Waals surface area contributed by atoms with Gasteiger partial charge in [-0.15, -0.1) is 11.3 Å². The number of hydrogen-bond donors (Lipinski definition) is 2. The molecule has 2 N–H and O–H groups in total. The molecule has 0 aliphatic rings. The van der Waals surface area contributed by atoms with Crippen LogP contribution in [-0.2, 0) is 7.05 Å². The van der Waals surface area contributed by atoms with Crippen LogP contribution in [0.2, 0.25) is 5.02 Å². The van der Waals surface area contributed by atoms with E-state index in [1.807, 2.05) is 48.8 Å². The maximum atomic E-state index is 12.5. The molecule has 4 aromatic heterocycles. The Morgan fingerprint density at radius 2 is 2.06 bits per heavy atom. The van der Waals surface area contributed by atoms with E-state index in [4.69, 9.17) is 11.6 Å². The lowest BCUT2D eigenvalue weighted by Crippen LogP contribution is -2.13. The van der Waals surface area contributed by atoms with Crippen molar-refractivity contribution in [3.63, 3.8) is 0 Å². The number of imidazole rings is 1. The molecule has 5 aromatic rings. The van der Waals surface area contributed by atoms with Gasteiger partial charge in [0, 0.05) is 24.8 Å². The van der Waals surface area contributed by atoms with Crippen molar-refractivity contribution in [1.29, 1.82) is 0 Å². The van der Waals surface area contributed by atoms with Gasteiger partial charge in [-0.05, 0) is 30.3 Å². The molecule has 0 atom stereocenters. The van der Waals surface area contributed by atoms with E-state index in [1.54, 1.807) is 33.9 Å². The predicted octanol–water partition coefficient (Wildman–Crippen LogP) is 4.86. The van der Waals surface area contributed by atoms with Crippen LogP contribution in [0.4, 0.5) is 17.5 Å². The maximum Gasteiger partial charge on any atom is 0.268 e. The zero-order chi connectivity index (χ0) is 21.4. The lowest BCUT2D eigenvalue weighted by Gasteiger charge is -2.07. The van der Waals surface area contributed by atoms with Gasteiger partial charge in [0.1, 0.15) is 11.3 Å². The summed E-state index contributed by atoms with van der Waals surface area (Å²) in [6.45, 7) is 0. The van der Waals surface area contributed by atoms with E-state index >= 15 is 0 Å². The summed E-state index contributed by atoms with van der Waals surface area (Å²) in [5.41, 5.74) is 3.13. The summed E-state index contributed by atoms with van der Waals surface area (Å²) in [7, 11) is 1.82. The number of amides is 1. The van der Waals surface area contributed by atoms with Gasteiger partial charge in [-0.1, -0.05) is 23.7 Å². The number of nitrogens with zero attached hydrogens (tertiary/aromatic N) is 5. The lowest BCUT2D eigenvalue weighted by atomic mass is 10.3. The Morgan fingerprint density at radius 1 is 1.19 bits per heavy atom. The van der Waals surface area contributed by atoms with Crippen molar-refractivity contribution in [2.45, 2.75) is 0 Å². The molecule has 0 fully saturated rings. The third-order valence-electron chi connectivity index (χ3n) is 4.66. The average Bonchev–Trinajstić information content (AvgIpc) is 3.49. The number of halogens is 1. The summed E-state index contributed by atoms with van der Waals surface area (Å²) in [4.78, 5) is 21.8. The van der Waals surface area contributed by atoms with E-state index < -0.39 is 0 Å². The quantitative estimate of drug-likeness (QED) is 0.399. The SMILES string of the molecule is Cn1ccnc1NC(=O)c1cc(-n2ncc3nc(Nc4ccccc4Cl)ccc32)cs1. The third kappa shape index (κ3) is 3.76. The number of para-hydroxylation sites is 1. The number of rotatable bonds is 5. The molecule has 10 heteroatoms. The standard InChI is InChI=1S/C21H16ClN7OS/c1-28-9-8-23-21(28)27-20(30)18-10-13(12-31-18)29-17-6-7-19(26-16(17)11-24-29)25-15-5-3-2-4-14(15)22/h2-12H,1H3,(H,25,26)(H,23,27,30). The van der Waals surface area contributed by atoms with E-state index in [9.17, 15) is 4.79 Å². The molecule has 0 spiro atoms. The minimum absolute atomic E-state index is 0.216. The fraction of sp³-hybridized carbons (Fsp3) is 0.0476. The van der Waals surface area contributed by atoms with E-state index in [0.29, 0.717) is 21.7 Å². The van der Waals surface area contributed by atoms with Crippen molar-refractivity contribution in [3.05, 3.63) is 76.3 Å². The minimum atomic E-state index is -0.216. The Balaban J connectivity index is 1.39. The number of fused-ring (bicyclic) bond motifs is 1. The van der Waals surface area contributed by atoms with Crippen molar-refractivity contribution in [2.75, 3.05) is 10.6 Å². The van der Waals surface area contributed by atoms with Crippen LogP contribution < -0.4 is 10.6 Å². The molecule has 0 bridgehead atoms. The summed E-state index contributed by atoms with van der Waals surface area (Å²) in [6.07, 6.45) is 5.10. The maximum absolute atomic E-state index is 12.5. The van der Waals surface area contributed by atoms with Crippen molar-refractivity contribution < 1.29 is 4.79 Å². The molecular weight excluding hydrogens is 434 g/mol. The largest absolute Gasteiger partial charge is 0.339 e. The molecule has 0 radical (unpaired) electrons. The summed E-state index contributed by atoms with van der Waals surface area (Å²) in [6, 6.07) is 13.1. The molecule has 5 rings (SSSR count). The number of carbonyl (C=O) groups excluding carboxylic acids is 1. The Morgan fingerprint density at radius 3 is 2.87 bits per heavy atom. The minimum Gasteiger partial charge on any atom is -0.339 e. The molecule has 8 nitrogen and oxygen atoms in total. The number of hydrogen-bond acceptors (Lipinski definition) is 6. The van der Waals surface area contributed by atoms with Crippen LogP contribution in [0.3, 0.4) is 0 Å². The van der Waals surface area contributed by atoms with Crippen LogP contribution in [0, 0.1) is 0 Å². The number of nitrogens with one attached hydrogen (secondary N) is 2. The first-order valence-corrected chi connectivity index (χ1v) is 10.6. The number of carbonyl (C=O) groups is 1. The average molecular weight is 450 g/mol. The molecule has 0 saturated carbocycles. The fourth-order valence-corrected chi connectivity index (χ4v) is 4.04. The van der Waals surface area contributed by atoms with Gasteiger partial charge in [-0.2, -0.15) is 5.10 Å². The number of thiophene rings is 1. The van der Waals surface area contributed by atoms with Crippen molar-refractivity contribution in [2.24, 2.45) is 7.05 Å². The van der Waals surface area contributed by atoms with E-state index in [-0.39, 0.29) is 5.91 Å². The van der Waals surface area contributed by atoms with Crippen molar-refractivity contribution >= 4 is 57.3 Å². The molecule has 0 aliphatic heterocycles. The van der Waals surface area contributed by atoms with Crippen molar-refractivity contribution in [3.8, 4) is 5.69 Å². The number of aryl methyl sites for hydroxylation is 1. The third-order valence-corrected chi connectivity index (χ3v) is 5.91. The Labute approximate surface area is 186 Å². The Bertz CT molecular complexity index is 1400. The smallest absolute Gasteiger partial charge is 0.268 e. The number of pyridine rings is 1. The van der Waals surface area contributed by atoms with Gasteiger partial charge in [-0.3, -0.25) is 10.1 Å². The highest BCUT2D eigenvalue weighted by Crippen LogP contribution is 2.27. The first-order chi connectivity index (χ1) is 15.1. The molecule has 0 saturated heterocycles. The van der Waals surface area contributed by atoms with Crippen LogP contribution >= 0.6 is 22.9 Å². The monoisotopic (exact) mass is 449 g/mol. The predicted molar refractivity (Wildman–Crippen MR) is 123 cm³/mol. The summed E-state index contributed by atoms with van der Waals surface area (Å²) in [5.74, 6) is 0.944. The molecule has 154 valence electrons. The van der Waals surface area contributed by atoms with Gasteiger partial charge in [-0.25, -0.2) is 14.6 Å². The van der Waals surface area contributed by atoms with E-state index in [2.05, 4.69) is 25.7 Å². The first kappa shape index (κ1) is 19.3. The van der Waals surface area contributed by atoms with E-state index in [1.165, 1.54) is 11.3 Å². The van der Waals surface area contributed by atoms with Crippen LogP contribution in [0.1, 0.15) is 9.67 Å². The molecule has 1 amide bonds. The second-order valence-electron chi connectivity index (χ2n) is 6.75. The summed E-state index contributed by atoms with van der Waals surface area (Å²) < 4.78 is 3.50. The summed E-state index contributed by atoms with van der Waals surface area (Å²) >= 11 is 7.56. The number of anilines is 3. The molecule has 0 aliphatic carbocycles. The molecular formula is C21H16ClN7OS. The summed E-state index contributed by atoms with van der Waals surface area (Å²) in [5, 5.41) is 13.0. The van der Waals surface area contributed by atoms with Crippen LogP contribution in [0.15, 0.2) is 66.4 Å². The highest BCUT2D eigenvalue weighted by Gasteiger charge is 2.14. The van der Waals surface area contributed by atoms with Crippen molar-refractivity contribution in [1.82, 2.24) is 24.3 Å². The molecule has 31 heavy (non-hydrogen) atoms. The molecule has 1 aromatic carbocycles. The molecule has 4 heterocycles. The Hall–Kier alpha value is -3.69.